The lowest BCUT2D eigenvalue weighted by Gasteiger charge is -2.06. The summed E-state index contributed by atoms with van der Waals surface area (Å²) in [6.45, 7) is 1.18. The normalized spacial score (nSPS) is 10.8. The fourth-order valence-electron chi connectivity index (χ4n) is 3.12. The molecule has 4 rings (SSSR count). The Morgan fingerprint density at radius 2 is 1.43 bits per heavy atom. The highest BCUT2D eigenvalue weighted by Gasteiger charge is 2.06. The van der Waals surface area contributed by atoms with Gasteiger partial charge in [0.05, 0.1) is 12.0 Å². The SMILES string of the molecule is C(=C\c1cn(Cc2ccccc2)cn1)/CON=C(c1ccccc1)c1ccccc1. The number of benzene rings is 3. The first-order valence-electron chi connectivity index (χ1n) is 9.91. The van der Waals surface area contributed by atoms with Gasteiger partial charge in [-0.2, -0.15) is 0 Å². The molecule has 0 aliphatic rings. The quantitative estimate of drug-likeness (QED) is 0.228. The molecule has 0 aliphatic heterocycles. The maximum absolute atomic E-state index is 5.60. The molecular formula is C26H23N3O. The van der Waals surface area contributed by atoms with Crippen molar-refractivity contribution in [3.05, 3.63) is 132 Å². The van der Waals surface area contributed by atoms with Gasteiger partial charge in [0, 0.05) is 23.9 Å². The lowest BCUT2D eigenvalue weighted by molar-refractivity contribution is 0.175. The lowest BCUT2D eigenvalue weighted by atomic mass is 10.0. The van der Waals surface area contributed by atoms with Crippen LogP contribution in [0.2, 0.25) is 0 Å². The summed E-state index contributed by atoms with van der Waals surface area (Å²) in [5, 5.41) is 4.40. The van der Waals surface area contributed by atoms with Crippen molar-refractivity contribution in [3.8, 4) is 0 Å². The zero-order valence-corrected chi connectivity index (χ0v) is 16.6. The molecule has 0 unspecified atom stereocenters. The monoisotopic (exact) mass is 393 g/mol. The van der Waals surface area contributed by atoms with Gasteiger partial charge >= 0.3 is 0 Å². The summed E-state index contributed by atoms with van der Waals surface area (Å²) in [5.74, 6) is 0. The summed E-state index contributed by atoms with van der Waals surface area (Å²) in [5.41, 5.74) is 5.00. The standard InChI is InChI=1S/C26H23N3O/c1-4-11-22(12-5-1)19-29-20-25(27-21-29)17-10-18-30-28-26(23-13-6-2-7-14-23)24-15-8-3-9-16-24/h1-17,20-21H,18-19H2/b17-10+. The molecule has 0 N–H and O–H groups in total. The molecular weight excluding hydrogens is 370 g/mol. The average molecular weight is 393 g/mol. The number of nitrogens with zero attached hydrogens (tertiary/aromatic N) is 3. The number of oxime groups is 1. The van der Waals surface area contributed by atoms with Gasteiger partial charge in [0.15, 0.2) is 0 Å². The molecule has 0 radical (unpaired) electrons. The van der Waals surface area contributed by atoms with Crippen molar-refractivity contribution in [2.24, 2.45) is 5.16 Å². The molecule has 148 valence electrons. The predicted octanol–water partition coefficient (Wildman–Crippen LogP) is 5.41. The average Bonchev–Trinajstić information content (AvgIpc) is 3.25. The first kappa shape index (κ1) is 19.4. The molecule has 4 heteroatoms. The number of hydrogen-bond acceptors (Lipinski definition) is 3. The van der Waals surface area contributed by atoms with Gasteiger partial charge in [0.2, 0.25) is 0 Å². The second-order valence-electron chi connectivity index (χ2n) is 6.83. The van der Waals surface area contributed by atoms with E-state index in [1.165, 1.54) is 5.56 Å². The Kier molecular flexibility index (Phi) is 6.48. The van der Waals surface area contributed by atoms with Crippen LogP contribution >= 0.6 is 0 Å². The van der Waals surface area contributed by atoms with Crippen LogP contribution in [0.5, 0.6) is 0 Å². The fraction of sp³-hybridized carbons (Fsp3) is 0.0769. The van der Waals surface area contributed by atoms with Gasteiger partial charge in [0.25, 0.3) is 0 Å². The highest BCUT2D eigenvalue weighted by Crippen LogP contribution is 2.11. The maximum Gasteiger partial charge on any atom is 0.135 e. The van der Waals surface area contributed by atoms with Crippen LogP contribution in [0.15, 0.2) is 115 Å². The van der Waals surface area contributed by atoms with E-state index in [0.29, 0.717) is 6.61 Å². The van der Waals surface area contributed by atoms with Gasteiger partial charge in [-0.15, -0.1) is 0 Å². The number of aromatic nitrogens is 2. The first-order chi connectivity index (χ1) is 14.9. The van der Waals surface area contributed by atoms with E-state index < -0.39 is 0 Å². The Labute approximate surface area is 176 Å². The number of hydrogen-bond donors (Lipinski definition) is 0. The van der Waals surface area contributed by atoms with Gasteiger partial charge < -0.3 is 9.40 Å². The van der Waals surface area contributed by atoms with E-state index in [2.05, 4.69) is 26.8 Å². The Hall–Kier alpha value is -3.92. The number of imidazole rings is 1. The van der Waals surface area contributed by atoms with Crippen LogP contribution < -0.4 is 0 Å². The molecule has 0 saturated heterocycles. The van der Waals surface area contributed by atoms with E-state index in [1.54, 1.807) is 0 Å². The molecule has 4 aromatic rings. The van der Waals surface area contributed by atoms with Crippen molar-refractivity contribution in [2.75, 3.05) is 6.61 Å². The van der Waals surface area contributed by atoms with E-state index in [4.69, 9.17) is 4.84 Å². The molecule has 0 fully saturated rings. The highest BCUT2D eigenvalue weighted by molar-refractivity contribution is 6.12. The summed E-state index contributed by atoms with van der Waals surface area (Å²) in [7, 11) is 0. The largest absolute Gasteiger partial charge is 0.391 e. The summed E-state index contributed by atoms with van der Waals surface area (Å²) in [6, 6.07) is 30.4. The first-order valence-corrected chi connectivity index (χ1v) is 9.91. The van der Waals surface area contributed by atoms with Crippen molar-refractivity contribution in [3.63, 3.8) is 0 Å². The molecule has 0 spiro atoms. The van der Waals surface area contributed by atoms with Crippen LogP contribution in [0, 0.1) is 0 Å². The molecule has 0 bridgehead atoms. The summed E-state index contributed by atoms with van der Waals surface area (Å²) in [4.78, 5) is 10.0. The minimum atomic E-state index is 0.370. The van der Waals surface area contributed by atoms with Crippen LogP contribution in [0.3, 0.4) is 0 Å². The predicted molar refractivity (Wildman–Crippen MR) is 121 cm³/mol. The molecule has 0 saturated carbocycles. The molecule has 1 heterocycles. The van der Waals surface area contributed by atoms with Gasteiger partial charge in [0.1, 0.15) is 12.3 Å². The topological polar surface area (TPSA) is 39.4 Å². The lowest BCUT2D eigenvalue weighted by Crippen LogP contribution is -2.04. The Bertz CT molecular complexity index is 1060. The van der Waals surface area contributed by atoms with Crippen LogP contribution in [0.4, 0.5) is 0 Å². The Morgan fingerprint density at radius 3 is 2.07 bits per heavy atom. The van der Waals surface area contributed by atoms with E-state index in [9.17, 15) is 0 Å². The Morgan fingerprint density at radius 1 is 0.833 bits per heavy atom. The molecule has 1 aromatic heterocycles. The van der Waals surface area contributed by atoms with Crippen molar-refractivity contribution >= 4 is 11.8 Å². The Balaban J connectivity index is 1.38. The van der Waals surface area contributed by atoms with Crippen molar-refractivity contribution in [1.29, 1.82) is 0 Å². The fourth-order valence-corrected chi connectivity index (χ4v) is 3.12. The van der Waals surface area contributed by atoms with Crippen LogP contribution in [0.25, 0.3) is 6.08 Å². The van der Waals surface area contributed by atoms with Crippen LogP contribution in [0.1, 0.15) is 22.4 Å². The van der Waals surface area contributed by atoms with Gasteiger partial charge in [-0.25, -0.2) is 4.98 Å². The molecule has 0 aliphatic carbocycles. The van der Waals surface area contributed by atoms with E-state index in [1.807, 2.05) is 104 Å². The minimum absolute atomic E-state index is 0.370. The van der Waals surface area contributed by atoms with Crippen LogP contribution in [-0.2, 0) is 11.4 Å². The van der Waals surface area contributed by atoms with E-state index in [0.717, 1.165) is 29.1 Å². The third-order valence-electron chi connectivity index (χ3n) is 4.57. The van der Waals surface area contributed by atoms with E-state index in [-0.39, 0.29) is 0 Å². The molecule has 4 nitrogen and oxygen atoms in total. The minimum Gasteiger partial charge on any atom is -0.391 e. The van der Waals surface area contributed by atoms with E-state index >= 15 is 0 Å². The highest BCUT2D eigenvalue weighted by atomic mass is 16.6. The molecule has 0 atom stereocenters. The maximum atomic E-state index is 5.60. The molecule has 0 amide bonds. The molecule has 30 heavy (non-hydrogen) atoms. The molecule has 3 aromatic carbocycles. The zero-order chi connectivity index (χ0) is 20.4. The summed E-state index contributed by atoms with van der Waals surface area (Å²) in [6.07, 6.45) is 7.73. The zero-order valence-electron chi connectivity index (χ0n) is 16.6. The number of rotatable bonds is 8. The van der Waals surface area contributed by atoms with Gasteiger partial charge in [-0.1, -0.05) is 96.2 Å². The van der Waals surface area contributed by atoms with Crippen LogP contribution in [-0.4, -0.2) is 21.9 Å². The third kappa shape index (κ3) is 5.32. The smallest absolute Gasteiger partial charge is 0.135 e. The summed E-state index contributed by atoms with van der Waals surface area (Å²) >= 11 is 0. The van der Waals surface area contributed by atoms with Crippen molar-refractivity contribution in [1.82, 2.24) is 9.55 Å². The second-order valence-corrected chi connectivity index (χ2v) is 6.83. The second kappa shape index (κ2) is 10.0. The van der Waals surface area contributed by atoms with Crippen molar-refractivity contribution < 1.29 is 4.84 Å². The van der Waals surface area contributed by atoms with Gasteiger partial charge in [-0.05, 0) is 17.7 Å². The van der Waals surface area contributed by atoms with Gasteiger partial charge in [-0.3, -0.25) is 0 Å². The summed E-state index contributed by atoms with van der Waals surface area (Å²) < 4.78 is 2.07. The van der Waals surface area contributed by atoms with Crippen molar-refractivity contribution in [2.45, 2.75) is 6.54 Å². The third-order valence-corrected chi connectivity index (χ3v) is 4.57.